The molecule has 0 radical (unpaired) electrons. The SMILES string of the molecule is CSOc1cc(C)c(C)c(C)c1. The lowest BCUT2D eigenvalue weighted by molar-refractivity contribution is 0.648. The molecule has 2 heteroatoms. The van der Waals surface area contributed by atoms with E-state index in [0.29, 0.717) is 0 Å². The van der Waals surface area contributed by atoms with Gasteiger partial charge in [-0.3, -0.25) is 0 Å². The summed E-state index contributed by atoms with van der Waals surface area (Å²) in [5.74, 6) is 0.947. The monoisotopic (exact) mass is 182 g/mol. The number of benzene rings is 1. The molecule has 0 aliphatic heterocycles. The number of hydrogen-bond acceptors (Lipinski definition) is 2. The maximum atomic E-state index is 5.34. The molecular formula is C10H14OS. The number of hydrogen-bond donors (Lipinski definition) is 0. The Kier molecular flexibility index (Phi) is 3.04. The zero-order chi connectivity index (χ0) is 9.14. The van der Waals surface area contributed by atoms with Crippen LogP contribution in [-0.4, -0.2) is 6.26 Å². The minimum Gasteiger partial charge on any atom is -0.426 e. The molecule has 1 aromatic rings. The van der Waals surface area contributed by atoms with Crippen molar-refractivity contribution in [2.75, 3.05) is 6.26 Å². The van der Waals surface area contributed by atoms with Crippen molar-refractivity contribution in [3.8, 4) is 5.75 Å². The topological polar surface area (TPSA) is 9.23 Å². The summed E-state index contributed by atoms with van der Waals surface area (Å²) in [6.45, 7) is 6.35. The van der Waals surface area contributed by atoms with Gasteiger partial charge in [0.25, 0.3) is 0 Å². The third-order valence-electron chi connectivity index (χ3n) is 2.08. The van der Waals surface area contributed by atoms with E-state index in [1.165, 1.54) is 28.7 Å². The highest BCUT2D eigenvalue weighted by atomic mass is 32.2. The molecule has 0 saturated carbocycles. The molecule has 0 aliphatic carbocycles. The van der Waals surface area contributed by atoms with Gasteiger partial charge < -0.3 is 4.18 Å². The van der Waals surface area contributed by atoms with Crippen LogP contribution in [0.4, 0.5) is 0 Å². The second kappa shape index (κ2) is 3.85. The lowest BCUT2D eigenvalue weighted by Crippen LogP contribution is -1.88. The van der Waals surface area contributed by atoms with E-state index >= 15 is 0 Å². The molecule has 0 aromatic heterocycles. The summed E-state index contributed by atoms with van der Waals surface area (Å²) < 4.78 is 5.34. The van der Waals surface area contributed by atoms with Crippen LogP contribution in [0.3, 0.4) is 0 Å². The third kappa shape index (κ3) is 1.95. The maximum Gasteiger partial charge on any atom is 0.137 e. The Balaban J connectivity index is 3.04. The zero-order valence-electron chi connectivity index (χ0n) is 7.97. The summed E-state index contributed by atoms with van der Waals surface area (Å²) in [5.41, 5.74) is 3.93. The van der Waals surface area contributed by atoms with Crippen LogP contribution in [0.2, 0.25) is 0 Å². The lowest BCUT2D eigenvalue weighted by atomic mass is 10.0. The highest BCUT2D eigenvalue weighted by Gasteiger charge is 2.00. The Bertz CT molecular complexity index is 258. The molecule has 0 bridgehead atoms. The van der Waals surface area contributed by atoms with Crippen molar-refractivity contribution in [3.63, 3.8) is 0 Å². The van der Waals surface area contributed by atoms with E-state index in [2.05, 4.69) is 32.9 Å². The van der Waals surface area contributed by atoms with E-state index in [4.69, 9.17) is 4.18 Å². The average molecular weight is 182 g/mol. The second-order valence-corrected chi connectivity index (χ2v) is 3.43. The molecule has 0 amide bonds. The highest BCUT2D eigenvalue weighted by Crippen LogP contribution is 2.22. The van der Waals surface area contributed by atoms with Crippen LogP contribution in [0.1, 0.15) is 16.7 Å². The standard InChI is InChI=1S/C10H14OS/c1-7-5-10(11-12-4)6-8(2)9(7)3/h5-6H,1-4H3. The van der Waals surface area contributed by atoms with Crippen molar-refractivity contribution in [1.82, 2.24) is 0 Å². The molecule has 1 rings (SSSR count). The molecule has 0 heterocycles. The fraction of sp³-hybridized carbons (Fsp3) is 0.400. The zero-order valence-corrected chi connectivity index (χ0v) is 8.79. The molecule has 0 fully saturated rings. The van der Waals surface area contributed by atoms with Crippen molar-refractivity contribution in [2.45, 2.75) is 20.8 Å². The Morgan fingerprint density at radius 3 is 2.00 bits per heavy atom. The Morgan fingerprint density at radius 1 is 1.08 bits per heavy atom. The largest absolute Gasteiger partial charge is 0.426 e. The first-order valence-electron chi connectivity index (χ1n) is 3.93. The van der Waals surface area contributed by atoms with Crippen LogP contribution in [0, 0.1) is 20.8 Å². The van der Waals surface area contributed by atoms with Crippen LogP contribution in [-0.2, 0) is 0 Å². The Morgan fingerprint density at radius 2 is 1.58 bits per heavy atom. The normalized spacial score (nSPS) is 10.0. The number of rotatable bonds is 2. The molecule has 1 nitrogen and oxygen atoms in total. The molecular weight excluding hydrogens is 168 g/mol. The van der Waals surface area contributed by atoms with Crippen molar-refractivity contribution in [1.29, 1.82) is 0 Å². The Hall–Kier alpha value is -0.630. The van der Waals surface area contributed by atoms with Gasteiger partial charge in [-0.2, -0.15) is 0 Å². The maximum absolute atomic E-state index is 5.34. The predicted octanol–water partition coefficient (Wildman–Crippen LogP) is 3.27. The van der Waals surface area contributed by atoms with Gasteiger partial charge in [0.2, 0.25) is 0 Å². The fourth-order valence-corrected chi connectivity index (χ4v) is 1.43. The minimum absolute atomic E-state index is 0.947. The molecule has 0 aliphatic rings. The Labute approximate surface area is 78.3 Å². The molecule has 12 heavy (non-hydrogen) atoms. The van der Waals surface area contributed by atoms with Crippen LogP contribution < -0.4 is 4.18 Å². The van der Waals surface area contributed by atoms with E-state index < -0.39 is 0 Å². The summed E-state index contributed by atoms with van der Waals surface area (Å²) in [5, 5.41) is 0. The van der Waals surface area contributed by atoms with Crippen LogP contribution in [0.25, 0.3) is 0 Å². The van der Waals surface area contributed by atoms with Gasteiger partial charge in [0.1, 0.15) is 5.75 Å². The van der Waals surface area contributed by atoms with Crippen molar-refractivity contribution in [2.24, 2.45) is 0 Å². The van der Waals surface area contributed by atoms with Gasteiger partial charge in [0.05, 0.1) is 12.0 Å². The van der Waals surface area contributed by atoms with E-state index in [1.807, 2.05) is 6.26 Å². The molecule has 0 saturated heterocycles. The first kappa shape index (κ1) is 9.46. The van der Waals surface area contributed by atoms with Crippen molar-refractivity contribution in [3.05, 3.63) is 28.8 Å². The van der Waals surface area contributed by atoms with Gasteiger partial charge >= 0.3 is 0 Å². The minimum atomic E-state index is 0.947. The lowest BCUT2D eigenvalue weighted by Gasteiger charge is -2.07. The molecule has 0 unspecified atom stereocenters. The molecule has 0 spiro atoms. The van der Waals surface area contributed by atoms with Gasteiger partial charge in [0, 0.05) is 6.26 Å². The van der Waals surface area contributed by atoms with Crippen molar-refractivity contribution >= 4 is 12.0 Å². The van der Waals surface area contributed by atoms with Crippen LogP contribution >= 0.6 is 12.0 Å². The van der Waals surface area contributed by atoms with Crippen molar-refractivity contribution < 1.29 is 4.18 Å². The summed E-state index contributed by atoms with van der Waals surface area (Å²) in [6, 6.07) is 4.14. The van der Waals surface area contributed by atoms with E-state index in [0.717, 1.165) is 5.75 Å². The first-order chi connectivity index (χ1) is 5.65. The molecule has 0 N–H and O–H groups in total. The molecule has 66 valence electrons. The summed E-state index contributed by atoms with van der Waals surface area (Å²) in [7, 11) is 0. The van der Waals surface area contributed by atoms with Gasteiger partial charge in [-0.25, -0.2) is 0 Å². The predicted molar refractivity (Wildman–Crippen MR) is 54.8 cm³/mol. The van der Waals surface area contributed by atoms with E-state index in [-0.39, 0.29) is 0 Å². The third-order valence-corrected chi connectivity index (χ3v) is 2.44. The highest BCUT2D eigenvalue weighted by molar-refractivity contribution is 7.94. The summed E-state index contributed by atoms with van der Waals surface area (Å²) in [6.07, 6.45) is 1.92. The van der Waals surface area contributed by atoms with Gasteiger partial charge in [0.15, 0.2) is 0 Å². The van der Waals surface area contributed by atoms with Gasteiger partial charge in [-0.1, -0.05) is 0 Å². The first-order valence-corrected chi connectivity index (χ1v) is 5.08. The van der Waals surface area contributed by atoms with Gasteiger partial charge in [-0.15, -0.1) is 0 Å². The average Bonchev–Trinajstić information content (AvgIpc) is 2.01. The summed E-state index contributed by atoms with van der Waals surface area (Å²) in [4.78, 5) is 0. The number of aryl methyl sites for hydroxylation is 2. The van der Waals surface area contributed by atoms with Gasteiger partial charge in [-0.05, 0) is 49.6 Å². The second-order valence-electron chi connectivity index (χ2n) is 2.93. The van der Waals surface area contributed by atoms with E-state index in [1.54, 1.807) is 0 Å². The summed E-state index contributed by atoms with van der Waals surface area (Å²) >= 11 is 1.38. The molecule has 1 aromatic carbocycles. The smallest absolute Gasteiger partial charge is 0.137 e. The molecule has 0 atom stereocenters. The quantitative estimate of drug-likeness (QED) is 0.649. The van der Waals surface area contributed by atoms with Crippen LogP contribution in [0.5, 0.6) is 5.75 Å². The van der Waals surface area contributed by atoms with E-state index in [9.17, 15) is 0 Å². The van der Waals surface area contributed by atoms with Crippen LogP contribution in [0.15, 0.2) is 12.1 Å². The fourth-order valence-electron chi connectivity index (χ4n) is 1.14.